The summed E-state index contributed by atoms with van der Waals surface area (Å²) in [4.78, 5) is 65.4. The number of aliphatic carboxylic acids is 1. The Labute approximate surface area is 242 Å². The second kappa shape index (κ2) is 19.1. The Kier molecular flexibility index (Phi) is 16.3. The van der Waals surface area contributed by atoms with Crippen molar-refractivity contribution in [2.45, 2.75) is 62.7 Å². The summed E-state index contributed by atoms with van der Waals surface area (Å²) in [5, 5.41) is 17.3. The molecule has 41 heavy (non-hydrogen) atoms. The first-order valence-corrected chi connectivity index (χ1v) is 14.3. The molecule has 230 valence electrons. The van der Waals surface area contributed by atoms with Crippen LogP contribution in [0.4, 0.5) is 0 Å². The van der Waals surface area contributed by atoms with E-state index in [9.17, 15) is 24.3 Å². The Morgan fingerprint density at radius 3 is 2.00 bits per heavy atom. The fourth-order valence-electron chi connectivity index (χ4n) is 3.56. The Morgan fingerprint density at radius 1 is 0.902 bits per heavy atom. The summed E-state index contributed by atoms with van der Waals surface area (Å²) in [7, 11) is 0. The Bertz CT molecular complexity index is 1030. The largest absolute Gasteiger partial charge is 0.480 e. The van der Waals surface area contributed by atoms with Gasteiger partial charge in [-0.2, -0.15) is 11.8 Å². The van der Waals surface area contributed by atoms with E-state index in [1.165, 1.54) is 24.3 Å². The molecule has 18 heteroatoms. The molecule has 4 unspecified atom stereocenters. The minimum atomic E-state index is -1.24. The lowest BCUT2D eigenvalue weighted by molar-refractivity contribution is -0.142. The number of carbonyl (C=O) groups is 4. The number of imidazole rings is 1. The van der Waals surface area contributed by atoms with Crippen LogP contribution in [-0.2, 0) is 25.6 Å². The molecule has 1 rings (SSSR count). The molecule has 0 saturated carbocycles. The second-order valence-electron chi connectivity index (χ2n) is 9.09. The lowest BCUT2D eigenvalue weighted by Crippen LogP contribution is -2.57. The first kappa shape index (κ1) is 35.0. The Hall–Kier alpha value is -4.06. The molecule has 1 heterocycles. The van der Waals surface area contributed by atoms with Crippen molar-refractivity contribution in [1.82, 2.24) is 25.9 Å². The molecule has 0 radical (unpaired) electrons. The van der Waals surface area contributed by atoms with E-state index in [4.69, 9.17) is 28.7 Å². The number of amides is 3. The van der Waals surface area contributed by atoms with Crippen LogP contribution in [-0.4, -0.2) is 99.9 Å². The van der Waals surface area contributed by atoms with E-state index in [1.54, 1.807) is 0 Å². The second-order valence-corrected chi connectivity index (χ2v) is 10.1. The number of nitrogens with one attached hydrogen (secondary N) is 4. The number of guanidine groups is 2. The third-order valence-electron chi connectivity index (χ3n) is 5.72. The molecule has 0 bridgehead atoms. The van der Waals surface area contributed by atoms with Crippen LogP contribution in [0.1, 0.15) is 37.8 Å². The van der Waals surface area contributed by atoms with Crippen LogP contribution in [0.5, 0.6) is 0 Å². The third-order valence-corrected chi connectivity index (χ3v) is 6.36. The van der Waals surface area contributed by atoms with Gasteiger partial charge in [0.25, 0.3) is 0 Å². The molecule has 17 nitrogen and oxygen atoms in total. The predicted molar refractivity (Wildman–Crippen MR) is 157 cm³/mol. The van der Waals surface area contributed by atoms with Crippen molar-refractivity contribution in [3.05, 3.63) is 18.2 Å². The van der Waals surface area contributed by atoms with Crippen molar-refractivity contribution >= 4 is 47.4 Å². The summed E-state index contributed by atoms with van der Waals surface area (Å²) in [5.74, 6) is -2.84. The molecule has 0 aromatic carbocycles. The smallest absolute Gasteiger partial charge is 0.326 e. The van der Waals surface area contributed by atoms with Crippen LogP contribution in [0.3, 0.4) is 0 Å². The number of aromatic nitrogens is 2. The van der Waals surface area contributed by atoms with Crippen molar-refractivity contribution in [3.8, 4) is 0 Å². The first-order chi connectivity index (χ1) is 19.4. The molecular formula is C23H42N12O5S. The molecular weight excluding hydrogens is 556 g/mol. The number of aromatic amines is 1. The number of hydrogen-bond acceptors (Lipinski definition) is 9. The molecule has 4 atom stereocenters. The van der Waals surface area contributed by atoms with Gasteiger partial charge in [0.1, 0.15) is 18.1 Å². The van der Waals surface area contributed by atoms with Crippen molar-refractivity contribution in [2.24, 2.45) is 38.7 Å². The van der Waals surface area contributed by atoms with Crippen LogP contribution >= 0.6 is 11.8 Å². The molecule has 3 amide bonds. The Morgan fingerprint density at radius 2 is 1.46 bits per heavy atom. The van der Waals surface area contributed by atoms with Gasteiger partial charge in [0.2, 0.25) is 17.7 Å². The number of rotatable bonds is 20. The molecule has 0 spiro atoms. The molecule has 0 aliphatic heterocycles. The number of carboxylic acids is 1. The minimum Gasteiger partial charge on any atom is -0.480 e. The van der Waals surface area contributed by atoms with E-state index in [-0.39, 0.29) is 44.1 Å². The number of thioether (sulfide) groups is 1. The van der Waals surface area contributed by atoms with Crippen LogP contribution in [0, 0.1) is 0 Å². The van der Waals surface area contributed by atoms with Crippen molar-refractivity contribution < 1.29 is 24.3 Å². The van der Waals surface area contributed by atoms with E-state index >= 15 is 0 Å². The van der Waals surface area contributed by atoms with Gasteiger partial charge >= 0.3 is 5.97 Å². The maximum Gasteiger partial charge on any atom is 0.326 e. The highest BCUT2D eigenvalue weighted by atomic mass is 32.2. The monoisotopic (exact) mass is 598 g/mol. The highest BCUT2D eigenvalue weighted by Crippen LogP contribution is 2.07. The lowest BCUT2D eigenvalue weighted by Gasteiger charge is -2.25. The maximum atomic E-state index is 13.3. The van der Waals surface area contributed by atoms with E-state index in [1.807, 2.05) is 6.26 Å². The van der Waals surface area contributed by atoms with E-state index in [0.29, 0.717) is 30.8 Å². The SMILES string of the molecule is CSCCC(NC(=O)C(Cc1cnc[nH]1)NC(=O)C(N)CCCN=C(N)N)C(=O)NC(CCCN=C(N)N)C(=O)O. The summed E-state index contributed by atoms with van der Waals surface area (Å²) in [5.41, 5.74) is 27.7. The van der Waals surface area contributed by atoms with Gasteiger partial charge in [0, 0.05) is 31.4 Å². The number of nitrogens with zero attached hydrogens (tertiary/aromatic N) is 3. The van der Waals surface area contributed by atoms with Gasteiger partial charge in [-0.25, -0.2) is 9.78 Å². The quantitative estimate of drug-likeness (QED) is 0.0400. The van der Waals surface area contributed by atoms with Gasteiger partial charge in [0.15, 0.2) is 11.9 Å². The predicted octanol–water partition coefficient (Wildman–Crippen LogP) is -3.32. The topological polar surface area (TPSA) is 308 Å². The first-order valence-electron chi connectivity index (χ1n) is 12.9. The summed E-state index contributed by atoms with van der Waals surface area (Å²) >= 11 is 1.45. The fourth-order valence-corrected chi connectivity index (χ4v) is 4.04. The average molecular weight is 599 g/mol. The zero-order chi connectivity index (χ0) is 30.8. The van der Waals surface area contributed by atoms with Crippen LogP contribution in [0.15, 0.2) is 22.5 Å². The molecule has 15 N–H and O–H groups in total. The van der Waals surface area contributed by atoms with Gasteiger partial charge in [-0.3, -0.25) is 24.4 Å². The van der Waals surface area contributed by atoms with Gasteiger partial charge in [-0.1, -0.05) is 0 Å². The lowest BCUT2D eigenvalue weighted by atomic mass is 10.1. The number of carboxylic acid groups (broad SMARTS) is 1. The van der Waals surface area contributed by atoms with Gasteiger partial charge < -0.3 is 54.7 Å². The third kappa shape index (κ3) is 14.8. The highest BCUT2D eigenvalue weighted by molar-refractivity contribution is 7.98. The van der Waals surface area contributed by atoms with E-state index in [0.717, 1.165) is 0 Å². The van der Waals surface area contributed by atoms with Gasteiger partial charge in [-0.05, 0) is 44.1 Å². The van der Waals surface area contributed by atoms with Crippen LogP contribution in [0.25, 0.3) is 0 Å². The van der Waals surface area contributed by atoms with Crippen LogP contribution in [0.2, 0.25) is 0 Å². The number of H-pyrrole nitrogens is 1. The summed E-state index contributed by atoms with van der Waals surface area (Å²) in [6.07, 6.45) is 6.09. The average Bonchev–Trinajstić information content (AvgIpc) is 3.42. The highest BCUT2D eigenvalue weighted by Gasteiger charge is 2.30. The normalized spacial score (nSPS) is 13.6. The van der Waals surface area contributed by atoms with Gasteiger partial charge in [-0.15, -0.1) is 0 Å². The zero-order valence-electron chi connectivity index (χ0n) is 23.0. The molecule has 0 aliphatic rings. The fraction of sp³-hybridized carbons (Fsp3) is 0.609. The minimum absolute atomic E-state index is 0.0394. The van der Waals surface area contributed by atoms with E-state index < -0.39 is 47.9 Å². The molecule has 0 fully saturated rings. The number of hydrogen-bond donors (Lipinski definition) is 10. The number of aliphatic imine (C=N–C) groups is 2. The maximum absolute atomic E-state index is 13.3. The molecule has 1 aromatic rings. The van der Waals surface area contributed by atoms with Crippen molar-refractivity contribution in [1.29, 1.82) is 0 Å². The number of carbonyl (C=O) groups excluding carboxylic acids is 3. The van der Waals surface area contributed by atoms with Crippen molar-refractivity contribution in [2.75, 3.05) is 25.1 Å². The van der Waals surface area contributed by atoms with Gasteiger partial charge in [0.05, 0.1) is 12.4 Å². The number of nitrogens with two attached hydrogens (primary N) is 5. The summed E-state index contributed by atoms with van der Waals surface area (Å²) in [6.45, 7) is 0.485. The molecule has 0 saturated heterocycles. The molecule has 1 aromatic heterocycles. The summed E-state index contributed by atoms with van der Waals surface area (Å²) < 4.78 is 0. The van der Waals surface area contributed by atoms with Crippen molar-refractivity contribution in [3.63, 3.8) is 0 Å². The molecule has 0 aliphatic carbocycles. The zero-order valence-corrected chi connectivity index (χ0v) is 23.9. The van der Waals surface area contributed by atoms with E-state index in [2.05, 4.69) is 35.9 Å². The summed E-state index contributed by atoms with van der Waals surface area (Å²) in [6, 6.07) is -4.33. The van der Waals surface area contributed by atoms with Crippen LogP contribution < -0.4 is 44.6 Å². The Balaban J connectivity index is 2.96. The standard InChI is InChI=1S/C23H42N12O5S/c1-41-9-6-15(19(37)34-16(21(39)40)5-3-8-31-23(27)28)33-20(38)17(10-13-11-29-12-32-13)35-18(36)14(24)4-2-7-30-22(25)26/h11-12,14-17H,2-10,24H2,1H3,(H,29,32)(H,33,38)(H,34,37)(H,35,36)(H,39,40)(H4,25,26,30)(H4,27,28,31).